The molecular formula is C14H20N2O2. The third-order valence-electron chi connectivity index (χ3n) is 3.27. The lowest BCUT2D eigenvalue weighted by atomic mass is 10.1. The number of anilines is 1. The highest BCUT2D eigenvalue weighted by Crippen LogP contribution is 2.20. The van der Waals surface area contributed by atoms with E-state index in [1.165, 1.54) is 6.42 Å². The Hall–Kier alpha value is -1.71. The quantitative estimate of drug-likeness (QED) is 0.832. The summed E-state index contributed by atoms with van der Waals surface area (Å²) in [7, 11) is 0. The molecular weight excluding hydrogens is 228 g/mol. The molecule has 18 heavy (non-hydrogen) atoms. The van der Waals surface area contributed by atoms with Crippen molar-refractivity contribution in [1.82, 2.24) is 4.90 Å². The van der Waals surface area contributed by atoms with Crippen molar-refractivity contribution in [3.05, 3.63) is 23.8 Å². The van der Waals surface area contributed by atoms with Crippen LogP contribution >= 0.6 is 0 Å². The zero-order chi connectivity index (χ0) is 13.0. The number of aryl methyl sites for hydroxylation is 1. The van der Waals surface area contributed by atoms with Gasteiger partial charge in [0.1, 0.15) is 5.75 Å². The first-order valence-electron chi connectivity index (χ1n) is 6.43. The predicted octanol–water partition coefficient (Wildman–Crippen LogP) is 1.97. The van der Waals surface area contributed by atoms with Gasteiger partial charge in [-0.2, -0.15) is 0 Å². The number of amides is 1. The zero-order valence-corrected chi connectivity index (χ0v) is 10.8. The molecule has 1 saturated heterocycles. The van der Waals surface area contributed by atoms with Crippen LogP contribution in [0.1, 0.15) is 24.8 Å². The van der Waals surface area contributed by atoms with Gasteiger partial charge in [-0.25, -0.2) is 0 Å². The van der Waals surface area contributed by atoms with Crippen LogP contribution in [0.2, 0.25) is 0 Å². The lowest BCUT2D eigenvalue weighted by Crippen LogP contribution is -2.38. The molecule has 4 nitrogen and oxygen atoms in total. The number of carbonyl (C=O) groups excluding carboxylic acids is 1. The fourth-order valence-electron chi connectivity index (χ4n) is 2.15. The molecule has 0 spiro atoms. The minimum absolute atomic E-state index is 0.0662. The maximum atomic E-state index is 11.9. The van der Waals surface area contributed by atoms with E-state index in [0.29, 0.717) is 11.4 Å². The van der Waals surface area contributed by atoms with Crippen LogP contribution in [0.25, 0.3) is 0 Å². The summed E-state index contributed by atoms with van der Waals surface area (Å²) in [4.78, 5) is 13.8. The number of carbonyl (C=O) groups is 1. The number of hydrogen-bond donors (Lipinski definition) is 1. The number of nitrogens with two attached hydrogens (primary N) is 1. The van der Waals surface area contributed by atoms with Gasteiger partial charge in [-0.05, 0) is 37.8 Å². The number of likely N-dealkylation sites (tertiary alicyclic amines) is 1. The third kappa shape index (κ3) is 3.15. The van der Waals surface area contributed by atoms with E-state index >= 15 is 0 Å². The lowest BCUT2D eigenvalue weighted by molar-refractivity contribution is -0.134. The van der Waals surface area contributed by atoms with Gasteiger partial charge in [0.2, 0.25) is 0 Å². The summed E-state index contributed by atoms with van der Waals surface area (Å²) in [6, 6.07) is 5.49. The summed E-state index contributed by atoms with van der Waals surface area (Å²) in [5.74, 6) is 0.761. The Kier molecular flexibility index (Phi) is 4.07. The molecule has 1 aromatic rings. The van der Waals surface area contributed by atoms with Crippen LogP contribution in [0.5, 0.6) is 5.75 Å². The first-order chi connectivity index (χ1) is 8.66. The summed E-state index contributed by atoms with van der Waals surface area (Å²) in [5, 5.41) is 0. The molecule has 1 amide bonds. The highest BCUT2D eigenvalue weighted by atomic mass is 16.5. The van der Waals surface area contributed by atoms with Crippen LogP contribution in [0.4, 0.5) is 5.69 Å². The van der Waals surface area contributed by atoms with Crippen molar-refractivity contribution >= 4 is 11.6 Å². The summed E-state index contributed by atoms with van der Waals surface area (Å²) in [5.41, 5.74) is 7.35. The Balaban J connectivity index is 1.90. The number of hydrogen-bond acceptors (Lipinski definition) is 3. The van der Waals surface area contributed by atoms with E-state index in [4.69, 9.17) is 10.5 Å². The van der Waals surface area contributed by atoms with Crippen molar-refractivity contribution in [2.75, 3.05) is 25.4 Å². The van der Waals surface area contributed by atoms with E-state index in [-0.39, 0.29) is 12.5 Å². The molecule has 0 aliphatic carbocycles. The van der Waals surface area contributed by atoms with Crippen molar-refractivity contribution in [1.29, 1.82) is 0 Å². The number of nitrogen functional groups attached to an aromatic ring is 1. The van der Waals surface area contributed by atoms with E-state index < -0.39 is 0 Å². The molecule has 0 bridgehead atoms. The highest BCUT2D eigenvalue weighted by molar-refractivity contribution is 5.77. The van der Waals surface area contributed by atoms with Crippen LogP contribution in [-0.2, 0) is 4.79 Å². The van der Waals surface area contributed by atoms with Gasteiger partial charge in [0, 0.05) is 24.8 Å². The van der Waals surface area contributed by atoms with Crippen molar-refractivity contribution < 1.29 is 9.53 Å². The number of rotatable bonds is 3. The summed E-state index contributed by atoms with van der Waals surface area (Å²) >= 11 is 0. The Bertz CT molecular complexity index is 426. The molecule has 0 saturated carbocycles. The van der Waals surface area contributed by atoms with Gasteiger partial charge in [-0.3, -0.25) is 4.79 Å². The number of benzene rings is 1. The number of piperidine rings is 1. The van der Waals surface area contributed by atoms with Gasteiger partial charge in [-0.15, -0.1) is 0 Å². The average molecular weight is 248 g/mol. The van der Waals surface area contributed by atoms with Gasteiger partial charge < -0.3 is 15.4 Å². The van der Waals surface area contributed by atoms with Crippen molar-refractivity contribution in [2.24, 2.45) is 0 Å². The van der Waals surface area contributed by atoms with Crippen molar-refractivity contribution in [2.45, 2.75) is 26.2 Å². The monoisotopic (exact) mass is 248 g/mol. The third-order valence-corrected chi connectivity index (χ3v) is 3.27. The molecule has 1 aliphatic rings. The number of nitrogens with zero attached hydrogens (tertiary/aromatic N) is 1. The summed E-state index contributed by atoms with van der Waals surface area (Å²) in [6.45, 7) is 3.76. The first kappa shape index (κ1) is 12.7. The molecule has 0 radical (unpaired) electrons. The second-order valence-electron chi connectivity index (χ2n) is 4.76. The molecule has 2 N–H and O–H groups in total. The largest absolute Gasteiger partial charge is 0.483 e. The van der Waals surface area contributed by atoms with E-state index in [2.05, 4.69) is 0 Å². The Morgan fingerprint density at radius 1 is 1.33 bits per heavy atom. The van der Waals surface area contributed by atoms with Gasteiger partial charge in [0.25, 0.3) is 5.91 Å². The molecule has 1 fully saturated rings. The van der Waals surface area contributed by atoms with Crippen LogP contribution in [-0.4, -0.2) is 30.5 Å². The van der Waals surface area contributed by atoms with Crippen LogP contribution in [0, 0.1) is 6.92 Å². The van der Waals surface area contributed by atoms with E-state index in [1.54, 1.807) is 6.07 Å². The molecule has 1 aliphatic heterocycles. The molecule has 4 heteroatoms. The first-order valence-corrected chi connectivity index (χ1v) is 6.43. The maximum Gasteiger partial charge on any atom is 0.260 e. The minimum atomic E-state index is 0.0662. The van der Waals surface area contributed by atoms with Crippen LogP contribution in [0.3, 0.4) is 0 Å². The molecule has 2 rings (SSSR count). The fraction of sp³-hybridized carbons (Fsp3) is 0.500. The number of ether oxygens (including phenoxy) is 1. The topological polar surface area (TPSA) is 55.6 Å². The molecule has 0 atom stereocenters. The Labute approximate surface area is 108 Å². The van der Waals surface area contributed by atoms with E-state index in [0.717, 1.165) is 31.5 Å². The molecule has 0 aromatic heterocycles. The van der Waals surface area contributed by atoms with Gasteiger partial charge in [-0.1, -0.05) is 6.07 Å². The van der Waals surface area contributed by atoms with Gasteiger partial charge >= 0.3 is 0 Å². The minimum Gasteiger partial charge on any atom is -0.483 e. The maximum absolute atomic E-state index is 11.9. The summed E-state index contributed by atoms with van der Waals surface area (Å²) in [6.07, 6.45) is 3.42. The molecule has 98 valence electrons. The Morgan fingerprint density at radius 2 is 2.06 bits per heavy atom. The van der Waals surface area contributed by atoms with Crippen LogP contribution < -0.4 is 10.5 Å². The second kappa shape index (κ2) is 5.76. The SMILES string of the molecule is Cc1ccc(N)cc1OCC(=O)N1CCCCC1. The molecule has 0 unspecified atom stereocenters. The summed E-state index contributed by atoms with van der Waals surface area (Å²) < 4.78 is 5.56. The Morgan fingerprint density at radius 3 is 2.78 bits per heavy atom. The van der Waals surface area contributed by atoms with Gasteiger partial charge in [0.05, 0.1) is 0 Å². The molecule has 1 aromatic carbocycles. The molecule has 1 heterocycles. The predicted molar refractivity (Wildman–Crippen MR) is 71.5 cm³/mol. The van der Waals surface area contributed by atoms with E-state index in [9.17, 15) is 4.79 Å². The van der Waals surface area contributed by atoms with Crippen molar-refractivity contribution in [3.63, 3.8) is 0 Å². The normalized spacial score (nSPS) is 15.5. The standard InChI is InChI=1S/C14H20N2O2/c1-11-5-6-12(15)9-13(11)18-10-14(17)16-7-3-2-4-8-16/h5-6,9H,2-4,7-8,10,15H2,1H3. The van der Waals surface area contributed by atoms with Crippen molar-refractivity contribution in [3.8, 4) is 5.75 Å². The van der Waals surface area contributed by atoms with E-state index in [1.807, 2.05) is 24.0 Å². The van der Waals surface area contributed by atoms with Crippen LogP contribution in [0.15, 0.2) is 18.2 Å². The second-order valence-corrected chi connectivity index (χ2v) is 4.76. The fourth-order valence-corrected chi connectivity index (χ4v) is 2.15. The lowest BCUT2D eigenvalue weighted by Gasteiger charge is -2.26. The van der Waals surface area contributed by atoms with Gasteiger partial charge in [0.15, 0.2) is 6.61 Å². The smallest absolute Gasteiger partial charge is 0.260 e. The zero-order valence-electron chi connectivity index (χ0n) is 10.8. The average Bonchev–Trinajstić information content (AvgIpc) is 2.40. The highest BCUT2D eigenvalue weighted by Gasteiger charge is 2.17.